The summed E-state index contributed by atoms with van der Waals surface area (Å²) in [4.78, 5) is 14.0. The van der Waals surface area contributed by atoms with Crippen LogP contribution in [0, 0.1) is 0 Å². The topological polar surface area (TPSA) is 38.8 Å². The van der Waals surface area contributed by atoms with Crippen LogP contribution in [0.1, 0.15) is 11.1 Å². The standard InChI is InChI=1S/C19H20BrNO3/c1-21(13-15-6-4-5-7-18(15)20)19(22)9-8-14-10-16(23-2)12-17(11-14)24-3/h4-12H,13H2,1-3H3. The molecule has 0 radical (unpaired) electrons. The molecule has 24 heavy (non-hydrogen) atoms. The van der Waals surface area contributed by atoms with E-state index in [0.717, 1.165) is 15.6 Å². The molecule has 2 rings (SSSR count). The highest BCUT2D eigenvalue weighted by molar-refractivity contribution is 9.10. The molecule has 2 aromatic carbocycles. The van der Waals surface area contributed by atoms with E-state index >= 15 is 0 Å². The van der Waals surface area contributed by atoms with Gasteiger partial charge in [-0.05, 0) is 35.4 Å². The van der Waals surface area contributed by atoms with Gasteiger partial charge >= 0.3 is 0 Å². The predicted molar refractivity (Wildman–Crippen MR) is 99.2 cm³/mol. The van der Waals surface area contributed by atoms with Gasteiger partial charge in [-0.3, -0.25) is 4.79 Å². The van der Waals surface area contributed by atoms with E-state index < -0.39 is 0 Å². The number of likely N-dealkylation sites (N-methyl/N-ethyl adjacent to an activating group) is 1. The number of benzene rings is 2. The number of halogens is 1. The number of hydrogen-bond acceptors (Lipinski definition) is 3. The Morgan fingerprint density at radius 3 is 2.33 bits per heavy atom. The van der Waals surface area contributed by atoms with Gasteiger partial charge in [-0.25, -0.2) is 0 Å². The summed E-state index contributed by atoms with van der Waals surface area (Å²) < 4.78 is 11.5. The first-order valence-corrected chi connectivity index (χ1v) is 8.22. The molecule has 0 saturated carbocycles. The number of carbonyl (C=O) groups excluding carboxylic acids is 1. The van der Waals surface area contributed by atoms with E-state index in [1.807, 2.05) is 36.4 Å². The Labute approximate surface area is 150 Å². The van der Waals surface area contributed by atoms with Crippen molar-refractivity contribution in [1.82, 2.24) is 4.90 Å². The molecule has 1 amide bonds. The second kappa shape index (κ2) is 8.55. The Morgan fingerprint density at radius 1 is 1.12 bits per heavy atom. The SMILES string of the molecule is COc1cc(C=CC(=O)N(C)Cc2ccccc2Br)cc(OC)c1. The fraction of sp³-hybridized carbons (Fsp3) is 0.211. The zero-order chi connectivity index (χ0) is 17.5. The minimum absolute atomic E-state index is 0.0764. The lowest BCUT2D eigenvalue weighted by atomic mass is 10.1. The van der Waals surface area contributed by atoms with Crippen LogP contribution in [0.2, 0.25) is 0 Å². The fourth-order valence-corrected chi connectivity index (χ4v) is 2.59. The van der Waals surface area contributed by atoms with Crippen molar-refractivity contribution >= 4 is 27.9 Å². The van der Waals surface area contributed by atoms with Gasteiger partial charge in [0, 0.05) is 30.2 Å². The summed E-state index contributed by atoms with van der Waals surface area (Å²) in [7, 11) is 4.97. The molecule has 0 unspecified atom stereocenters. The highest BCUT2D eigenvalue weighted by Gasteiger charge is 2.08. The van der Waals surface area contributed by atoms with Crippen molar-refractivity contribution in [2.24, 2.45) is 0 Å². The van der Waals surface area contributed by atoms with Gasteiger partial charge in [-0.1, -0.05) is 34.1 Å². The van der Waals surface area contributed by atoms with E-state index in [1.165, 1.54) is 0 Å². The van der Waals surface area contributed by atoms with Crippen molar-refractivity contribution in [2.45, 2.75) is 6.54 Å². The van der Waals surface area contributed by atoms with E-state index in [0.29, 0.717) is 18.0 Å². The lowest BCUT2D eigenvalue weighted by Crippen LogP contribution is -2.24. The quantitative estimate of drug-likeness (QED) is 0.696. The largest absolute Gasteiger partial charge is 0.497 e. The number of methoxy groups -OCH3 is 2. The third-order valence-corrected chi connectivity index (χ3v) is 4.31. The Bertz CT molecular complexity index is 721. The van der Waals surface area contributed by atoms with E-state index in [-0.39, 0.29) is 5.91 Å². The second-order valence-corrected chi connectivity index (χ2v) is 6.12. The molecule has 0 aliphatic carbocycles. The highest BCUT2D eigenvalue weighted by atomic mass is 79.9. The molecule has 2 aromatic rings. The minimum atomic E-state index is -0.0764. The Morgan fingerprint density at radius 2 is 1.75 bits per heavy atom. The minimum Gasteiger partial charge on any atom is -0.497 e. The van der Waals surface area contributed by atoms with Crippen molar-refractivity contribution in [2.75, 3.05) is 21.3 Å². The number of nitrogens with zero attached hydrogens (tertiary/aromatic N) is 1. The van der Waals surface area contributed by atoms with Gasteiger partial charge in [0.05, 0.1) is 14.2 Å². The zero-order valence-electron chi connectivity index (χ0n) is 14.0. The van der Waals surface area contributed by atoms with Crippen molar-refractivity contribution in [3.63, 3.8) is 0 Å². The zero-order valence-corrected chi connectivity index (χ0v) is 15.5. The maximum absolute atomic E-state index is 12.3. The molecule has 0 fully saturated rings. The number of hydrogen-bond donors (Lipinski definition) is 0. The average molecular weight is 390 g/mol. The van der Waals surface area contributed by atoms with Crippen molar-refractivity contribution in [3.05, 3.63) is 64.1 Å². The van der Waals surface area contributed by atoms with Crippen LogP contribution in [-0.2, 0) is 11.3 Å². The molecular formula is C19H20BrNO3. The van der Waals surface area contributed by atoms with Gasteiger partial charge in [0.25, 0.3) is 0 Å². The van der Waals surface area contributed by atoms with Crippen LogP contribution in [0.5, 0.6) is 11.5 Å². The molecule has 0 aromatic heterocycles. The number of ether oxygens (including phenoxy) is 2. The van der Waals surface area contributed by atoms with Crippen LogP contribution < -0.4 is 9.47 Å². The van der Waals surface area contributed by atoms with Crippen LogP contribution in [0.15, 0.2) is 53.0 Å². The number of rotatable bonds is 6. The third kappa shape index (κ3) is 4.86. The van der Waals surface area contributed by atoms with Crippen LogP contribution >= 0.6 is 15.9 Å². The normalized spacial score (nSPS) is 10.7. The summed E-state index contributed by atoms with van der Waals surface area (Å²) in [5.41, 5.74) is 1.90. The van der Waals surface area contributed by atoms with Crippen LogP contribution in [0.3, 0.4) is 0 Å². The fourth-order valence-electron chi connectivity index (χ4n) is 2.18. The smallest absolute Gasteiger partial charge is 0.246 e. The molecule has 0 heterocycles. The second-order valence-electron chi connectivity index (χ2n) is 5.27. The monoisotopic (exact) mass is 389 g/mol. The van der Waals surface area contributed by atoms with Crippen molar-refractivity contribution in [1.29, 1.82) is 0 Å². The number of amides is 1. The molecule has 0 bridgehead atoms. The molecule has 0 spiro atoms. The Hall–Kier alpha value is -2.27. The van der Waals surface area contributed by atoms with Crippen molar-refractivity contribution < 1.29 is 14.3 Å². The molecule has 126 valence electrons. The summed E-state index contributed by atoms with van der Waals surface area (Å²) in [6.45, 7) is 0.534. The Kier molecular flexibility index (Phi) is 6.44. The third-order valence-electron chi connectivity index (χ3n) is 3.53. The summed E-state index contributed by atoms with van der Waals surface area (Å²) in [5, 5.41) is 0. The molecule has 0 aliphatic heterocycles. The molecule has 0 aliphatic rings. The van der Waals surface area contributed by atoms with Gasteiger partial charge in [-0.2, -0.15) is 0 Å². The first-order chi connectivity index (χ1) is 11.5. The lowest BCUT2D eigenvalue weighted by Gasteiger charge is -2.16. The van der Waals surface area contributed by atoms with Gasteiger partial charge in [0.2, 0.25) is 5.91 Å². The van der Waals surface area contributed by atoms with E-state index in [2.05, 4.69) is 15.9 Å². The summed E-state index contributed by atoms with van der Waals surface area (Å²) in [6.07, 6.45) is 3.30. The van der Waals surface area contributed by atoms with Gasteiger partial charge in [-0.15, -0.1) is 0 Å². The summed E-state index contributed by atoms with van der Waals surface area (Å²) in [6, 6.07) is 13.3. The van der Waals surface area contributed by atoms with Crippen LogP contribution in [0.25, 0.3) is 6.08 Å². The summed E-state index contributed by atoms with van der Waals surface area (Å²) >= 11 is 3.50. The van der Waals surface area contributed by atoms with Gasteiger partial charge < -0.3 is 14.4 Å². The molecule has 4 nitrogen and oxygen atoms in total. The van der Waals surface area contributed by atoms with E-state index in [9.17, 15) is 4.79 Å². The first kappa shape index (κ1) is 18.1. The maximum Gasteiger partial charge on any atom is 0.246 e. The van der Waals surface area contributed by atoms with Crippen LogP contribution in [0.4, 0.5) is 0 Å². The molecular weight excluding hydrogens is 370 g/mol. The highest BCUT2D eigenvalue weighted by Crippen LogP contribution is 2.23. The molecule has 0 N–H and O–H groups in total. The first-order valence-electron chi connectivity index (χ1n) is 7.43. The van der Waals surface area contributed by atoms with Gasteiger partial charge in [0.15, 0.2) is 0 Å². The Balaban J connectivity index is 2.08. The van der Waals surface area contributed by atoms with Crippen LogP contribution in [-0.4, -0.2) is 32.1 Å². The lowest BCUT2D eigenvalue weighted by molar-refractivity contribution is -0.125. The molecule has 0 atom stereocenters. The van der Waals surface area contributed by atoms with E-state index in [1.54, 1.807) is 44.4 Å². The van der Waals surface area contributed by atoms with E-state index in [4.69, 9.17) is 9.47 Å². The predicted octanol–water partition coefficient (Wildman–Crippen LogP) is 4.14. The molecule has 0 saturated heterocycles. The summed E-state index contributed by atoms with van der Waals surface area (Å²) in [5.74, 6) is 1.29. The maximum atomic E-state index is 12.3. The van der Waals surface area contributed by atoms with Gasteiger partial charge in [0.1, 0.15) is 11.5 Å². The number of carbonyl (C=O) groups is 1. The van der Waals surface area contributed by atoms with Crippen molar-refractivity contribution in [3.8, 4) is 11.5 Å². The molecule has 5 heteroatoms. The average Bonchev–Trinajstić information content (AvgIpc) is 2.61.